The molecule has 6 heteroatoms. The number of aromatic nitrogens is 2. The van der Waals surface area contributed by atoms with Crippen LogP contribution in [0.2, 0.25) is 0 Å². The summed E-state index contributed by atoms with van der Waals surface area (Å²) >= 11 is 0. The van der Waals surface area contributed by atoms with Crippen molar-refractivity contribution in [1.82, 2.24) is 9.78 Å². The lowest BCUT2D eigenvalue weighted by atomic mass is 10.2. The van der Waals surface area contributed by atoms with Crippen molar-refractivity contribution in [3.05, 3.63) is 17.0 Å². The monoisotopic (exact) mass is 232 g/mol. The van der Waals surface area contributed by atoms with Crippen LogP contribution in [0.4, 0.5) is 8.78 Å². The predicted octanol–water partition coefficient (Wildman–Crippen LogP) is 1.94. The number of carbonyl (C=O) groups excluding carboxylic acids is 1. The summed E-state index contributed by atoms with van der Waals surface area (Å²) in [6.45, 7) is 4.60. The van der Waals surface area contributed by atoms with Gasteiger partial charge in [-0.05, 0) is 20.8 Å². The number of nitrogens with zero attached hydrogens (tertiary/aromatic N) is 2. The maximum Gasteiger partial charge on any atom is 0.341 e. The third-order valence-electron chi connectivity index (χ3n) is 2.17. The standard InChI is InChI=1S/C10H14F2N2O2/c1-4-16-10(15)9-6(2)13-14(7(9)3)5-8(11)12/h8H,4-5H2,1-3H3. The van der Waals surface area contributed by atoms with Crippen molar-refractivity contribution in [2.45, 2.75) is 33.7 Å². The third-order valence-corrected chi connectivity index (χ3v) is 2.17. The molecule has 16 heavy (non-hydrogen) atoms. The second kappa shape index (κ2) is 5.05. The smallest absolute Gasteiger partial charge is 0.341 e. The molecule has 0 N–H and O–H groups in total. The Morgan fingerprint density at radius 2 is 2.12 bits per heavy atom. The summed E-state index contributed by atoms with van der Waals surface area (Å²) in [6, 6.07) is 0. The first kappa shape index (κ1) is 12.6. The topological polar surface area (TPSA) is 44.1 Å². The molecule has 0 atom stereocenters. The number of aryl methyl sites for hydroxylation is 1. The van der Waals surface area contributed by atoms with Gasteiger partial charge in [0.05, 0.1) is 18.0 Å². The molecule has 90 valence electrons. The highest BCUT2D eigenvalue weighted by atomic mass is 19.3. The van der Waals surface area contributed by atoms with E-state index in [1.54, 1.807) is 20.8 Å². The highest BCUT2D eigenvalue weighted by molar-refractivity contribution is 5.91. The number of alkyl halides is 2. The molecule has 1 aromatic rings. The first-order chi connectivity index (χ1) is 7.47. The molecule has 0 aliphatic heterocycles. The molecule has 0 amide bonds. The van der Waals surface area contributed by atoms with Gasteiger partial charge in [-0.3, -0.25) is 4.68 Å². The van der Waals surface area contributed by atoms with Gasteiger partial charge in [0.2, 0.25) is 0 Å². The number of esters is 1. The molecule has 0 aliphatic carbocycles. The zero-order chi connectivity index (χ0) is 12.3. The van der Waals surface area contributed by atoms with Gasteiger partial charge in [0.25, 0.3) is 6.43 Å². The van der Waals surface area contributed by atoms with Crippen LogP contribution in [0.25, 0.3) is 0 Å². The highest BCUT2D eigenvalue weighted by Crippen LogP contribution is 2.15. The Hall–Kier alpha value is -1.46. The Morgan fingerprint density at radius 1 is 1.50 bits per heavy atom. The first-order valence-corrected chi connectivity index (χ1v) is 4.96. The molecule has 0 spiro atoms. The second-order valence-corrected chi connectivity index (χ2v) is 3.34. The lowest BCUT2D eigenvalue weighted by Crippen LogP contribution is -2.11. The fourth-order valence-corrected chi connectivity index (χ4v) is 1.50. The van der Waals surface area contributed by atoms with Crippen molar-refractivity contribution in [3.8, 4) is 0 Å². The Morgan fingerprint density at radius 3 is 2.62 bits per heavy atom. The van der Waals surface area contributed by atoms with E-state index in [1.165, 1.54) is 0 Å². The molecular weight excluding hydrogens is 218 g/mol. The van der Waals surface area contributed by atoms with Crippen molar-refractivity contribution in [1.29, 1.82) is 0 Å². The van der Waals surface area contributed by atoms with E-state index in [1.807, 2.05) is 0 Å². The Balaban J connectivity index is 3.02. The molecule has 0 saturated heterocycles. The normalized spacial score (nSPS) is 10.9. The van der Waals surface area contributed by atoms with Crippen molar-refractivity contribution in [2.24, 2.45) is 0 Å². The summed E-state index contributed by atoms with van der Waals surface area (Å²) in [5, 5.41) is 3.89. The lowest BCUT2D eigenvalue weighted by molar-refractivity contribution is 0.0523. The van der Waals surface area contributed by atoms with Crippen LogP contribution >= 0.6 is 0 Å². The summed E-state index contributed by atoms with van der Waals surface area (Å²) in [5.41, 5.74) is 1.11. The van der Waals surface area contributed by atoms with Crippen molar-refractivity contribution in [3.63, 3.8) is 0 Å². The number of hydrogen-bond acceptors (Lipinski definition) is 3. The number of halogens is 2. The average Bonchev–Trinajstić information content (AvgIpc) is 2.41. The fraction of sp³-hybridized carbons (Fsp3) is 0.600. The van der Waals surface area contributed by atoms with Gasteiger partial charge in [-0.2, -0.15) is 5.10 Å². The maximum atomic E-state index is 12.2. The van der Waals surface area contributed by atoms with E-state index < -0.39 is 18.9 Å². The molecule has 1 aromatic heterocycles. The zero-order valence-corrected chi connectivity index (χ0v) is 9.46. The fourth-order valence-electron chi connectivity index (χ4n) is 1.50. The zero-order valence-electron chi connectivity index (χ0n) is 9.46. The van der Waals surface area contributed by atoms with E-state index in [9.17, 15) is 13.6 Å². The molecule has 0 fully saturated rings. The second-order valence-electron chi connectivity index (χ2n) is 3.34. The largest absolute Gasteiger partial charge is 0.462 e. The number of ether oxygens (including phenoxy) is 1. The highest BCUT2D eigenvalue weighted by Gasteiger charge is 2.20. The van der Waals surface area contributed by atoms with Gasteiger partial charge in [0, 0.05) is 0 Å². The van der Waals surface area contributed by atoms with Crippen LogP contribution in [0.5, 0.6) is 0 Å². The van der Waals surface area contributed by atoms with Gasteiger partial charge in [-0.25, -0.2) is 13.6 Å². The van der Waals surface area contributed by atoms with Crippen LogP contribution in [0.1, 0.15) is 28.7 Å². The molecule has 0 aromatic carbocycles. The van der Waals surface area contributed by atoms with Gasteiger partial charge < -0.3 is 4.74 Å². The van der Waals surface area contributed by atoms with E-state index in [0.717, 1.165) is 4.68 Å². The number of hydrogen-bond donors (Lipinski definition) is 0. The molecule has 0 bridgehead atoms. The summed E-state index contributed by atoms with van der Waals surface area (Å²) in [4.78, 5) is 11.5. The lowest BCUT2D eigenvalue weighted by Gasteiger charge is -2.04. The van der Waals surface area contributed by atoms with Crippen LogP contribution in [0, 0.1) is 13.8 Å². The maximum absolute atomic E-state index is 12.2. The molecule has 1 heterocycles. The van der Waals surface area contributed by atoms with Crippen LogP contribution in [0.3, 0.4) is 0 Å². The minimum absolute atomic E-state index is 0.248. The Kier molecular flexibility index (Phi) is 3.98. The van der Waals surface area contributed by atoms with Gasteiger partial charge in [0.15, 0.2) is 0 Å². The van der Waals surface area contributed by atoms with Gasteiger partial charge in [0.1, 0.15) is 12.1 Å². The van der Waals surface area contributed by atoms with E-state index in [4.69, 9.17) is 4.74 Å². The van der Waals surface area contributed by atoms with Crippen LogP contribution in [-0.2, 0) is 11.3 Å². The Bertz CT molecular complexity index is 388. The molecule has 0 radical (unpaired) electrons. The van der Waals surface area contributed by atoms with Crippen LogP contribution < -0.4 is 0 Å². The molecule has 0 unspecified atom stereocenters. The summed E-state index contributed by atoms with van der Waals surface area (Å²) in [5.74, 6) is -0.516. The predicted molar refractivity (Wildman–Crippen MR) is 53.7 cm³/mol. The first-order valence-electron chi connectivity index (χ1n) is 4.96. The van der Waals surface area contributed by atoms with Crippen molar-refractivity contribution in [2.75, 3.05) is 6.61 Å². The van der Waals surface area contributed by atoms with Gasteiger partial charge in [-0.1, -0.05) is 0 Å². The molecule has 4 nitrogen and oxygen atoms in total. The van der Waals surface area contributed by atoms with Crippen molar-refractivity contribution < 1.29 is 18.3 Å². The van der Waals surface area contributed by atoms with E-state index in [-0.39, 0.29) is 12.2 Å². The van der Waals surface area contributed by atoms with Gasteiger partial charge >= 0.3 is 5.97 Å². The molecule has 0 saturated carbocycles. The number of rotatable bonds is 4. The third kappa shape index (κ3) is 2.56. The number of carbonyl (C=O) groups is 1. The van der Waals surface area contributed by atoms with Crippen molar-refractivity contribution >= 4 is 5.97 Å². The summed E-state index contributed by atoms with van der Waals surface area (Å²) < 4.78 is 30.4. The van der Waals surface area contributed by atoms with Gasteiger partial charge in [-0.15, -0.1) is 0 Å². The van der Waals surface area contributed by atoms with E-state index in [2.05, 4.69) is 5.10 Å². The molecule has 1 rings (SSSR count). The summed E-state index contributed by atoms with van der Waals surface area (Å²) in [7, 11) is 0. The molecule has 0 aliphatic rings. The average molecular weight is 232 g/mol. The Labute approximate surface area is 92.2 Å². The molecular formula is C10H14F2N2O2. The van der Waals surface area contributed by atoms with Crippen LogP contribution in [-0.4, -0.2) is 28.8 Å². The minimum Gasteiger partial charge on any atom is -0.462 e. The SMILES string of the molecule is CCOC(=O)c1c(C)nn(CC(F)F)c1C. The van der Waals surface area contributed by atoms with E-state index in [0.29, 0.717) is 11.4 Å². The summed E-state index contributed by atoms with van der Waals surface area (Å²) in [6.07, 6.45) is -2.49. The van der Waals surface area contributed by atoms with E-state index >= 15 is 0 Å². The quantitative estimate of drug-likeness (QED) is 0.745. The van der Waals surface area contributed by atoms with Crippen LogP contribution in [0.15, 0.2) is 0 Å². The minimum atomic E-state index is -2.49.